The first-order valence-corrected chi connectivity index (χ1v) is 6.66. The van der Waals surface area contributed by atoms with E-state index in [0.29, 0.717) is 5.41 Å². The van der Waals surface area contributed by atoms with Crippen LogP contribution in [0.15, 0.2) is 0 Å². The largest absolute Gasteiger partial charge is 0.383 e. The van der Waals surface area contributed by atoms with Crippen molar-refractivity contribution in [1.29, 1.82) is 0 Å². The summed E-state index contributed by atoms with van der Waals surface area (Å²) < 4.78 is 5.17. The highest BCUT2D eigenvalue weighted by Gasteiger charge is 2.31. The van der Waals surface area contributed by atoms with E-state index in [1.807, 2.05) is 0 Å². The average Bonchev–Trinajstić information content (AvgIpc) is 2.24. The molecule has 2 unspecified atom stereocenters. The van der Waals surface area contributed by atoms with Crippen molar-refractivity contribution < 1.29 is 4.74 Å². The van der Waals surface area contributed by atoms with Crippen LogP contribution < -0.4 is 0 Å². The average molecular weight is 227 g/mol. The van der Waals surface area contributed by atoms with Crippen LogP contribution in [0, 0.1) is 17.3 Å². The van der Waals surface area contributed by atoms with Crippen molar-refractivity contribution in [2.45, 2.75) is 40.5 Å². The monoisotopic (exact) mass is 227 g/mol. The van der Waals surface area contributed by atoms with E-state index < -0.39 is 0 Å². The van der Waals surface area contributed by atoms with Gasteiger partial charge < -0.3 is 9.64 Å². The zero-order valence-electron chi connectivity index (χ0n) is 11.8. The van der Waals surface area contributed by atoms with Gasteiger partial charge in [0.1, 0.15) is 0 Å². The molecule has 2 nitrogen and oxygen atoms in total. The van der Waals surface area contributed by atoms with E-state index in [1.54, 1.807) is 7.11 Å². The molecule has 0 saturated carbocycles. The van der Waals surface area contributed by atoms with Crippen LogP contribution >= 0.6 is 0 Å². The van der Waals surface area contributed by atoms with Crippen LogP contribution in [0.5, 0.6) is 0 Å². The molecule has 0 aromatic heterocycles. The lowest BCUT2D eigenvalue weighted by molar-refractivity contribution is 0.0678. The molecule has 0 radical (unpaired) electrons. The van der Waals surface area contributed by atoms with Gasteiger partial charge in [-0.05, 0) is 36.6 Å². The zero-order valence-corrected chi connectivity index (χ0v) is 11.8. The first-order valence-electron chi connectivity index (χ1n) is 6.66. The van der Waals surface area contributed by atoms with Crippen molar-refractivity contribution in [2.75, 3.05) is 33.4 Å². The van der Waals surface area contributed by atoms with Gasteiger partial charge in [-0.1, -0.05) is 27.7 Å². The van der Waals surface area contributed by atoms with Crippen molar-refractivity contribution in [3.63, 3.8) is 0 Å². The van der Waals surface area contributed by atoms with Crippen LogP contribution in [0.25, 0.3) is 0 Å². The van der Waals surface area contributed by atoms with Crippen molar-refractivity contribution >= 4 is 0 Å². The molecule has 0 bridgehead atoms. The van der Waals surface area contributed by atoms with E-state index in [0.717, 1.165) is 25.0 Å². The Morgan fingerprint density at radius 2 is 2.06 bits per heavy atom. The van der Waals surface area contributed by atoms with Crippen molar-refractivity contribution in [1.82, 2.24) is 4.90 Å². The molecule has 0 N–H and O–H groups in total. The highest BCUT2D eigenvalue weighted by atomic mass is 16.5. The standard InChI is InChI=1S/C14H29NO/c1-12(14(2,3)4)13-7-6-8-15(11-13)9-10-16-5/h12-13H,6-11H2,1-5H3. The zero-order chi connectivity index (χ0) is 12.2. The van der Waals surface area contributed by atoms with E-state index in [9.17, 15) is 0 Å². The Morgan fingerprint density at radius 1 is 1.38 bits per heavy atom. The fourth-order valence-corrected chi connectivity index (χ4v) is 2.63. The number of rotatable bonds is 4. The summed E-state index contributed by atoms with van der Waals surface area (Å²) in [7, 11) is 1.79. The molecule has 0 aromatic carbocycles. The Kier molecular flexibility index (Phi) is 5.26. The minimum absolute atomic E-state index is 0.439. The van der Waals surface area contributed by atoms with Crippen LogP contribution in [0.4, 0.5) is 0 Å². The lowest BCUT2D eigenvalue weighted by Gasteiger charge is -2.40. The number of methoxy groups -OCH3 is 1. The second kappa shape index (κ2) is 6.02. The number of hydrogen-bond acceptors (Lipinski definition) is 2. The van der Waals surface area contributed by atoms with Gasteiger partial charge in [0.15, 0.2) is 0 Å². The lowest BCUT2D eigenvalue weighted by atomic mass is 9.72. The maximum absolute atomic E-state index is 5.17. The molecular weight excluding hydrogens is 198 g/mol. The molecule has 0 amide bonds. The molecule has 96 valence electrons. The number of piperidine rings is 1. The van der Waals surface area contributed by atoms with Crippen molar-refractivity contribution in [3.8, 4) is 0 Å². The van der Waals surface area contributed by atoms with E-state index in [-0.39, 0.29) is 0 Å². The predicted octanol–water partition coefficient (Wildman–Crippen LogP) is 3.03. The lowest BCUT2D eigenvalue weighted by Crippen LogP contribution is -2.42. The third-order valence-corrected chi connectivity index (χ3v) is 4.23. The number of likely N-dealkylation sites (tertiary alicyclic amines) is 1. The summed E-state index contributed by atoms with van der Waals surface area (Å²) in [5.74, 6) is 1.67. The minimum Gasteiger partial charge on any atom is -0.383 e. The smallest absolute Gasteiger partial charge is 0.0589 e. The molecule has 1 heterocycles. The molecule has 0 aromatic rings. The van der Waals surface area contributed by atoms with E-state index in [4.69, 9.17) is 4.74 Å². The third kappa shape index (κ3) is 4.06. The molecule has 16 heavy (non-hydrogen) atoms. The Balaban J connectivity index is 2.43. The minimum atomic E-state index is 0.439. The topological polar surface area (TPSA) is 12.5 Å². The van der Waals surface area contributed by atoms with Crippen LogP contribution in [-0.4, -0.2) is 38.3 Å². The van der Waals surface area contributed by atoms with Gasteiger partial charge in [0, 0.05) is 20.2 Å². The van der Waals surface area contributed by atoms with Gasteiger partial charge in [-0.2, -0.15) is 0 Å². The van der Waals surface area contributed by atoms with Gasteiger partial charge in [-0.3, -0.25) is 0 Å². The van der Waals surface area contributed by atoms with E-state index >= 15 is 0 Å². The van der Waals surface area contributed by atoms with Crippen LogP contribution in [0.2, 0.25) is 0 Å². The predicted molar refractivity (Wildman–Crippen MR) is 69.7 cm³/mol. The van der Waals surface area contributed by atoms with Crippen molar-refractivity contribution in [2.24, 2.45) is 17.3 Å². The Morgan fingerprint density at radius 3 is 2.62 bits per heavy atom. The molecular formula is C14H29NO. The normalized spacial score (nSPS) is 25.7. The molecule has 2 heteroatoms. The highest BCUT2D eigenvalue weighted by molar-refractivity contribution is 4.82. The third-order valence-electron chi connectivity index (χ3n) is 4.23. The summed E-state index contributed by atoms with van der Waals surface area (Å²) in [6, 6.07) is 0. The molecule has 0 spiro atoms. The summed E-state index contributed by atoms with van der Waals surface area (Å²) in [4.78, 5) is 2.57. The molecule has 1 aliphatic rings. The maximum Gasteiger partial charge on any atom is 0.0589 e. The van der Waals surface area contributed by atoms with Gasteiger partial charge in [0.05, 0.1) is 6.61 Å². The van der Waals surface area contributed by atoms with Gasteiger partial charge in [0.25, 0.3) is 0 Å². The molecule has 1 fully saturated rings. The Labute approximate surface area is 101 Å². The SMILES string of the molecule is COCCN1CCCC(C(C)C(C)(C)C)C1. The molecule has 1 aliphatic heterocycles. The molecule has 2 atom stereocenters. The summed E-state index contributed by atoms with van der Waals surface area (Å²) in [5, 5.41) is 0. The summed E-state index contributed by atoms with van der Waals surface area (Å²) in [5.41, 5.74) is 0.439. The van der Waals surface area contributed by atoms with Crippen LogP contribution in [0.1, 0.15) is 40.5 Å². The maximum atomic E-state index is 5.17. The second-order valence-electron chi connectivity index (χ2n) is 6.35. The second-order valence-corrected chi connectivity index (χ2v) is 6.35. The van der Waals surface area contributed by atoms with Gasteiger partial charge in [-0.15, -0.1) is 0 Å². The number of ether oxygens (including phenoxy) is 1. The number of nitrogens with zero attached hydrogens (tertiary/aromatic N) is 1. The highest BCUT2D eigenvalue weighted by Crippen LogP contribution is 2.36. The van der Waals surface area contributed by atoms with E-state index in [1.165, 1.54) is 25.9 Å². The van der Waals surface area contributed by atoms with Gasteiger partial charge in [-0.25, -0.2) is 0 Å². The first kappa shape index (κ1) is 14.0. The summed E-state index contributed by atoms with van der Waals surface area (Å²) >= 11 is 0. The summed E-state index contributed by atoms with van der Waals surface area (Å²) in [6.07, 6.45) is 2.76. The quantitative estimate of drug-likeness (QED) is 0.732. The van der Waals surface area contributed by atoms with Crippen LogP contribution in [-0.2, 0) is 4.74 Å². The number of hydrogen-bond donors (Lipinski definition) is 0. The molecule has 1 saturated heterocycles. The van der Waals surface area contributed by atoms with Crippen LogP contribution in [0.3, 0.4) is 0 Å². The molecule has 0 aliphatic carbocycles. The fraction of sp³-hybridized carbons (Fsp3) is 1.00. The van der Waals surface area contributed by atoms with Crippen molar-refractivity contribution in [3.05, 3.63) is 0 Å². The first-order chi connectivity index (χ1) is 7.45. The van der Waals surface area contributed by atoms with E-state index in [2.05, 4.69) is 32.6 Å². The summed E-state index contributed by atoms with van der Waals surface area (Å²) in [6.45, 7) is 14.0. The Bertz CT molecular complexity index is 197. The van der Waals surface area contributed by atoms with Gasteiger partial charge in [0.2, 0.25) is 0 Å². The molecule has 1 rings (SSSR count). The fourth-order valence-electron chi connectivity index (χ4n) is 2.63. The van der Waals surface area contributed by atoms with Gasteiger partial charge >= 0.3 is 0 Å². The Hall–Kier alpha value is -0.0800.